The molecule has 3 aromatic rings. The van der Waals surface area contributed by atoms with Crippen LogP contribution in [0, 0.1) is 0 Å². The van der Waals surface area contributed by atoms with Crippen molar-refractivity contribution in [2.45, 2.75) is 9.75 Å². The smallest absolute Gasteiger partial charge is 0.348 e. The highest BCUT2D eigenvalue weighted by molar-refractivity contribution is 8.00. The molecule has 1 aliphatic rings. The number of hydrogen-bond donors (Lipinski definition) is 0. The second-order valence-corrected chi connectivity index (χ2v) is 9.32. The molecular formula is C20H15ClN2O2S3. The molecule has 0 amide bonds. The van der Waals surface area contributed by atoms with Crippen LogP contribution in [0.1, 0.15) is 20.2 Å². The third-order valence-corrected chi connectivity index (χ3v) is 7.91. The number of methoxy groups -OCH3 is 1. The Balaban J connectivity index is 1.80. The van der Waals surface area contributed by atoms with Crippen molar-refractivity contribution >= 4 is 58.2 Å². The van der Waals surface area contributed by atoms with Gasteiger partial charge in [-0.05, 0) is 30.5 Å². The van der Waals surface area contributed by atoms with Gasteiger partial charge in [0.2, 0.25) is 0 Å². The van der Waals surface area contributed by atoms with Gasteiger partial charge in [0, 0.05) is 27.7 Å². The molecule has 0 fully saturated rings. The predicted molar refractivity (Wildman–Crippen MR) is 118 cm³/mol. The third kappa shape index (κ3) is 3.22. The molecule has 4 rings (SSSR count). The van der Waals surface area contributed by atoms with Crippen LogP contribution in [0.5, 0.6) is 0 Å². The van der Waals surface area contributed by atoms with E-state index in [9.17, 15) is 4.79 Å². The van der Waals surface area contributed by atoms with Crippen LogP contribution in [0.3, 0.4) is 0 Å². The molecule has 0 radical (unpaired) electrons. The monoisotopic (exact) mass is 446 g/mol. The Morgan fingerprint density at radius 1 is 1.32 bits per heavy atom. The van der Waals surface area contributed by atoms with Crippen LogP contribution in [0.2, 0.25) is 5.02 Å². The molecule has 1 aliphatic heterocycles. The van der Waals surface area contributed by atoms with Crippen molar-refractivity contribution in [3.05, 3.63) is 68.3 Å². The zero-order valence-corrected chi connectivity index (χ0v) is 18.2. The number of allylic oxidation sites excluding steroid dienone is 1. The lowest BCUT2D eigenvalue weighted by molar-refractivity contribution is 0.0606. The molecule has 0 spiro atoms. The topological polar surface area (TPSA) is 51.5 Å². The van der Waals surface area contributed by atoms with Crippen LogP contribution in [-0.4, -0.2) is 30.5 Å². The summed E-state index contributed by atoms with van der Waals surface area (Å²) in [6, 6.07) is 9.54. The quantitative estimate of drug-likeness (QED) is 0.360. The molecule has 0 bridgehead atoms. The molecule has 0 saturated carbocycles. The number of thiophene rings is 1. The average Bonchev–Trinajstić information content (AvgIpc) is 3.46. The first-order valence-electron chi connectivity index (χ1n) is 8.29. The molecule has 0 saturated heterocycles. The van der Waals surface area contributed by atoms with Crippen LogP contribution in [0.4, 0.5) is 0 Å². The number of halogens is 1. The summed E-state index contributed by atoms with van der Waals surface area (Å²) in [6.45, 7) is 0. The number of benzene rings is 1. The lowest BCUT2D eigenvalue weighted by Crippen LogP contribution is -2.21. The number of rotatable bonds is 5. The Morgan fingerprint density at radius 3 is 2.82 bits per heavy atom. The maximum absolute atomic E-state index is 11.9. The van der Waals surface area contributed by atoms with E-state index < -0.39 is 5.54 Å². The fourth-order valence-electron chi connectivity index (χ4n) is 3.04. The van der Waals surface area contributed by atoms with Gasteiger partial charge in [-0.15, -0.1) is 34.4 Å². The van der Waals surface area contributed by atoms with Crippen molar-refractivity contribution in [3.63, 3.8) is 0 Å². The Kier molecular flexibility index (Phi) is 5.42. The maximum atomic E-state index is 11.9. The van der Waals surface area contributed by atoms with Crippen molar-refractivity contribution in [2.75, 3.05) is 13.4 Å². The summed E-state index contributed by atoms with van der Waals surface area (Å²) in [6.07, 6.45) is 7.69. The largest absolute Gasteiger partial charge is 0.465 e. The number of carbonyl (C=O) groups is 1. The summed E-state index contributed by atoms with van der Waals surface area (Å²) in [4.78, 5) is 22.1. The lowest BCUT2D eigenvalue weighted by atomic mass is 9.91. The number of carbonyl (C=O) groups excluding carboxylic acids is 1. The Bertz CT molecular complexity index is 1090. The molecule has 1 aromatic carbocycles. The van der Waals surface area contributed by atoms with Crippen LogP contribution < -0.4 is 0 Å². The van der Waals surface area contributed by atoms with E-state index in [2.05, 4.69) is 0 Å². The number of thiazole rings is 1. The number of esters is 1. The Labute approximate surface area is 180 Å². The molecule has 1 atom stereocenters. The summed E-state index contributed by atoms with van der Waals surface area (Å²) >= 11 is 11.0. The van der Waals surface area contributed by atoms with Crippen molar-refractivity contribution in [1.82, 2.24) is 4.98 Å². The number of thioether (sulfide) groups is 1. The predicted octanol–water partition coefficient (Wildman–Crippen LogP) is 5.92. The first-order valence-corrected chi connectivity index (χ1v) is 11.6. The van der Waals surface area contributed by atoms with Crippen LogP contribution in [0.25, 0.3) is 11.3 Å². The molecular weight excluding hydrogens is 432 g/mol. The average molecular weight is 447 g/mol. The normalized spacial score (nSPS) is 18.0. The minimum absolute atomic E-state index is 0.335. The molecule has 1 unspecified atom stereocenters. The first-order chi connectivity index (χ1) is 13.6. The van der Waals surface area contributed by atoms with E-state index in [-0.39, 0.29) is 5.97 Å². The molecule has 142 valence electrons. The third-order valence-electron chi connectivity index (χ3n) is 4.36. The number of aromatic nitrogens is 1. The van der Waals surface area contributed by atoms with Gasteiger partial charge in [-0.3, -0.25) is 4.99 Å². The van der Waals surface area contributed by atoms with Crippen LogP contribution in [0.15, 0.2) is 57.1 Å². The number of hydrogen-bond acceptors (Lipinski definition) is 7. The molecule has 3 heterocycles. The Hall–Kier alpha value is -1.93. The van der Waals surface area contributed by atoms with Gasteiger partial charge in [0.05, 0.1) is 17.0 Å². The van der Waals surface area contributed by atoms with E-state index in [1.807, 2.05) is 54.1 Å². The van der Waals surface area contributed by atoms with E-state index >= 15 is 0 Å². The number of aliphatic imine (C=N–C) groups is 1. The summed E-state index contributed by atoms with van der Waals surface area (Å²) < 4.78 is 5.88. The maximum Gasteiger partial charge on any atom is 0.348 e. The van der Waals surface area contributed by atoms with Gasteiger partial charge < -0.3 is 4.74 Å². The summed E-state index contributed by atoms with van der Waals surface area (Å²) in [5.74, 6) is -0.335. The molecule has 28 heavy (non-hydrogen) atoms. The lowest BCUT2D eigenvalue weighted by Gasteiger charge is -2.23. The van der Waals surface area contributed by atoms with Gasteiger partial charge in [0.25, 0.3) is 0 Å². The summed E-state index contributed by atoms with van der Waals surface area (Å²) in [5, 5.41) is 3.48. The van der Waals surface area contributed by atoms with Gasteiger partial charge in [-0.2, -0.15) is 0 Å². The molecule has 8 heteroatoms. The fraction of sp³-hybridized carbons (Fsp3) is 0.150. The fourth-order valence-corrected chi connectivity index (χ4v) is 6.08. The highest BCUT2D eigenvalue weighted by atomic mass is 35.5. The van der Waals surface area contributed by atoms with Crippen molar-refractivity contribution in [3.8, 4) is 11.3 Å². The van der Waals surface area contributed by atoms with Gasteiger partial charge >= 0.3 is 5.97 Å². The molecule has 4 nitrogen and oxygen atoms in total. The van der Waals surface area contributed by atoms with E-state index in [0.29, 0.717) is 9.90 Å². The standard InChI is InChI=1S/C20H15ClN2O2S3/c1-25-17(24)16-10-12(18(26-2)28-16)15-11-27-19(23-15)20(8-5-9-22-20)13-6-3-4-7-14(13)21/h3-11H,1-2H3. The molecule has 0 N–H and O–H groups in total. The molecule has 2 aromatic heterocycles. The van der Waals surface area contributed by atoms with E-state index in [1.54, 1.807) is 18.0 Å². The number of ether oxygens (including phenoxy) is 1. The minimum Gasteiger partial charge on any atom is -0.465 e. The Morgan fingerprint density at radius 2 is 2.14 bits per heavy atom. The minimum atomic E-state index is -0.720. The van der Waals surface area contributed by atoms with Gasteiger partial charge in [0.1, 0.15) is 9.88 Å². The zero-order valence-electron chi connectivity index (χ0n) is 15.0. The summed E-state index contributed by atoms with van der Waals surface area (Å²) in [5.41, 5.74) is 1.92. The molecule has 0 aliphatic carbocycles. The first kappa shape index (κ1) is 19.4. The van der Waals surface area contributed by atoms with Crippen molar-refractivity contribution in [1.29, 1.82) is 0 Å². The van der Waals surface area contributed by atoms with Gasteiger partial charge in [-0.25, -0.2) is 9.78 Å². The van der Waals surface area contributed by atoms with Crippen molar-refractivity contribution < 1.29 is 9.53 Å². The summed E-state index contributed by atoms with van der Waals surface area (Å²) in [7, 11) is 1.39. The second kappa shape index (κ2) is 7.83. The van der Waals surface area contributed by atoms with Crippen LogP contribution in [-0.2, 0) is 10.3 Å². The number of nitrogens with zero attached hydrogens (tertiary/aromatic N) is 2. The van der Waals surface area contributed by atoms with E-state index in [4.69, 9.17) is 26.3 Å². The highest BCUT2D eigenvalue weighted by Gasteiger charge is 2.37. The van der Waals surface area contributed by atoms with E-state index in [1.165, 1.54) is 29.8 Å². The second-order valence-electron chi connectivity index (χ2n) is 5.93. The zero-order chi connectivity index (χ0) is 19.7. The SMILES string of the molecule is COC(=O)c1cc(-c2csc(C3(c4ccccc4Cl)C=CC=N3)n2)c(SC)s1. The van der Waals surface area contributed by atoms with Crippen LogP contribution >= 0.6 is 46.0 Å². The van der Waals surface area contributed by atoms with Crippen molar-refractivity contribution in [2.24, 2.45) is 4.99 Å². The van der Waals surface area contributed by atoms with Gasteiger partial charge in [0.15, 0.2) is 5.54 Å². The van der Waals surface area contributed by atoms with Gasteiger partial charge in [-0.1, -0.05) is 29.8 Å². The van der Waals surface area contributed by atoms with E-state index in [0.717, 1.165) is 26.0 Å². The highest BCUT2D eigenvalue weighted by Crippen LogP contribution is 2.44.